The number of halogens is 4. The van der Waals surface area contributed by atoms with Gasteiger partial charge in [0.15, 0.2) is 46.1 Å². The third-order valence-corrected chi connectivity index (χ3v) is 14.0. The lowest BCUT2D eigenvalue weighted by molar-refractivity contribution is 0.101. The highest BCUT2D eigenvalue weighted by molar-refractivity contribution is 6.05. The molecule has 0 fully saturated rings. The van der Waals surface area contributed by atoms with Crippen LogP contribution in [0.25, 0.3) is 33.2 Å². The van der Waals surface area contributed by atoms with Gasteiger partial charge in [-0.15, -0.1) is 0 Å². The van der Waals surface area contributed by atoms with Gasteiger partial charge in [-0.2, -0.15) is 0 Å². The summed E-state index contributed by atoms with van der Waals surface area (Å²) in [5.41, 5.74) is -3.41. The Hall–Kier alpha value is -11.5. The summed E-state index contributed by atoms with van der Waals surface area (Å²) in [6, 6.07) is 22.9. The van der Waals surface area contributed by atoms with E-state index in [1.165, 1.54) is 88.3 Å². The van der Waals surface area contributed by atoms with E-state index in [0.29, 0.717) is 74.1 Å². The molecule has 0 spiro atoms. The number of nitrogens with one attached hydrogen (secondary N) is 2. The van der Waals surface area contributed by atoms with E-state index in [1.54, 1.807) is 18.2 Å². The van der Waals surface area contributed by atoms with Gasteiger partial charge in [-0.1, -0.05) is 0 Å². The summed E-state index contributed by atoms with van der Waals surface area (Å²) in [7, 11) is 4.41. The maximum Gasteiger partial charge on any atom is 0.335 e. The molecule has 10 aromatic rings. The molecular formula is C63H50F4N8O16. The van der Waals surface area contributed by atoms with Crippen LogP contribution >= 0.6 is 0 Å². The molecule has 2 aliphatic rings. The molecule has 6 heterocycles. The van der Waals surface area contributed by atoms with Gasteiger partial charge in [0.1, 0.15) is 60.7 Å². The third-order valence-electron chi connectivity index (χ3n) is 14.0. The quantitative estimate of drug-likeness (QED) is 0.0730. The van der Waals surface area contributed by atoms with Crippen molar-refractivity contribution in [3.05, 3.63) is 210 Å². The number of carbonyl (C=O) groups excluding carboxylic acids is 2. The van der Waals surface area contributed by atoms with Crippen molar-refractivity contribution in [2.24, 2.45) is 0 Å². The van der Waals surface area contributed by atoms with Crippen LogP contribution in [0.1, 0.15) is 20.7 Å². The van der Waals surface area contributed by atoms with Crippen molar-refractivity contribution in [2.45, 2.75) is 13.1 Å². The number of anilines is 2. The summed E-state index contributed by atoms with van der Waals surface area (Å²) in [4.78, 5) is 87.8. The first-order valence-electron chi connectivity index (χ1n) is 27.5. The fourth-order valence-electron chi connectivity index (χ4n) is 9.75. The number of pyridine rings is 2. The number of carbonyl (C=O) groups is 2. The Bertz CT molecular complexity index is 4730. The Balaban J connectivity index is 0.000000187. The van der Waals surface area contributed by atoms with Crippen molar-refractivity contribution in [3.8, 4) is 68.9 Å². The summed E-state index contributed by atoms with van der Waals surface area (Å²) < 4.78 is 112. The van der Waals surface area contributed by atoms with Gasteiger partial charge in [0.05, 0.1) is 73.7 Å². The highest BCUT2D eigenvalue weighted by atomic mass is 19.1. The van der Waals surface area contributed by atoms with E-state index in [2.05, 4.69) is 20.6 Å². The molecule has 0 aliphatic carbocycles. The van der Waals surface area contributed by atoms with E-state index < -0.39 is 75.3 Å². The first kappa shape index (κ1) is 61.1. The van der Waals surface area contributed by atoms with E-state index >= 15 is 8.78 Å². The number of aliphatic hydroxyl groups excluding tert-OH is 1. The van der Waals surface area contributed by atoms with Gasteiger partial charge in [0.25, 0.3) is 22.9 Å². The number of hydrogen-bond donors (Lipinski definition) is 3. The van der Waals surface area contributed by atoms with Crippen molar-refractivity contribution >= 4 is 45.0 Å². The molecule has 24 nitrogen and oxygen atoms in total. The van der Waals surface area contributed by atoms with Gasteiger partial charge >= 0.3 is 11.4 Å². The van der Waals surface area contributed by atoms with Crippen LogP contribution in [0, 0.1) is 23.3 Å². The number of nitrogens with zero attached hydrogens (tertiary/aromatic N) is 6. The topological polar surface area (TPSA) is 275 Å². The largest absolute Gasteiger partial charge is 0.493 e. The van der Waals surface area contributed by atoms with Crippen LogP contribution in [0.2, 0.25) is 0 Å². The highest BCUT2D eigenvalue weighted by Gasteiger charge is 2.28. The average Bonchev–Trinajstić information content (AvgIpc) is 1.08. The molecule has 28 heteroatoms. The number of aliphatic hydroxyl groups is 1. The van der Waals surface area contributed by atoms with Crippen LogP contribution in [0.5, 0.6) is 57.5 Å². The summed E-state index contributed by atoms with van der Waals surface area (Å²) >= 11 is 0. The molecule has 2 amide bonds. The summed E-state index contributed by atoms with van der Waals surface area (Å²) in [6.07, 6.45) is 5.07. The monoisotopic (exact) mass is 1250 g/mol. The molecule has 0 radical (unpaired) electrons. The second-order valence-electron chi connectivity index (χ2n) is 19.7. The van der Waals surface area contributed by atoms with Crippen molar-refractivity contribution in [1.82, 2.24) is 28.2 Å². The normalized spacial score (nSPS) is 12.2. The van der Waals surface area contributed by atoms with Crippen molar-refractivity contribution in [3.63, 3.8) is 0 Å². The zero-order chi connectivity index (χ0) is 64.0. The van der Waals surface area contributed by atoms with Gasteiger partial charge in [-0.25, -0.2) is 36.3 Å². The SMILES string of the molecule is COCCn1cc(C(=O)Nc2ccc(Oc3ccnc4cc(OC)c5c(c34)OCCO5)c(F)c2)c(=O)n(-c2ccc(F)cc2)c1=O.COc1cc2nccc(Oc3ccc(NC(=O)c4cn(CCO)c(=O)n(-c5ccc(F)cc5)c4=O)cc3F)c2c2c1OCCO2. The third kappa shape index (κ3) is 12.5. The van der Waals surface area contributed by atoms with E-state index in [9.17, 15) is 42.7 Å². The summed E-state index contributed by atoms with van der Waals surface area (Å²) in [5, 5.41) is 15.2. The molecule has 0 saturated heterocycles. The predicted molar refractivity (Wildman–Crippen MR) is 319 cm³/mol. The molecule has 0 saturated carbocycles. The minimum atomic E-state index is -0.991. The maximum atomic E-state index is 15.4. The number of amides is 2. The van der Waals surface area contributed by atoms with Gasteiger partial charge in [-0.05, 0) is 84.9 Å². The number of ether oxygens (including phenoxy) is 9. The Labute approximate surface area is 510 Å². The molecule has 466 valence electrons. The molecule has 0 bridgehead atoms. The van der Waals surface area contributed by atoms with Gasteiger partial charge in [0, 0.05) is 67.5 Å². The molecule has 12 rings (SSSR count). The van der Waals surface area contributed by atoms with Crippen molar-refractivity contribution < 1.29 is 74.9 Å². The van der Waals surface area contributed by atoms with Crippen LogP contribution in [-0.4, -0.2) is 106 Å². The molecule has 0 unspecified atom stereocenters. The number of rotatable bonds is 17. The first-order chi connectivity index (χ1) is 44.1. The number of hydrogen-bond acceptors (Lipinski definition) is 18. The van der Waals surface area contributed by atoms with Crippen LogP contribution in [0.4, 0.5) is 28.9 Å². The number of benzene rings is 6. The minimum absolute atomic E-state index is 0.00987. The summed E-state index contributed by atoms with van der Waals surface area (Å²) in [5.74, 6) is -2.27. The van der Waals surface area contributed by atoms with Gasteiger partial charge in [-0.3, -0.25) is 38.3 Å². The first-order valence-corrected chi connectivity index (χ1v) is 27.5. The molecular weight excluding hydrogens is 1200 g/mol. The van der Waals surface area contributed by atoms with Crippen LogP contribution < -0.4 is 71.0 Å². The number of methoxy groups -OCH3 is 3. The Morgan fingerprint density at radius 2 is 0.923 bits per heavy atom. The standard InChI is InChI=1S/C32H26F2N4O8.C31H24F2N4O8/c1-42-12-11-37-17-21(31(40)38(32(37)41)20-6-3-18(33)4-7-20)30(39)36-19-5-8-24(22(34)15-19)46-25-9-10-35-23-16-26(43-2)28-29(27(23)25)45-14-13-44-28;1-42-25-15-22-26(28-27(25)43-12-13-44-28)24(8-9-34-22)45-23-7-4-18(14-21(23)33)35-29(39)20-16-36(10-11-38)31(41)37(30(20)40)19-5-2-17(32)3-6-19/h3-10,15-17H,11-14H2,1-2H3,(H,36,39);2-9,14-16,38H,10-13H2,1H3,(H,35,39). The average molecular weight is 1250 g/mol. The molecule has 4 aromatic heterocycles. The zero-order valence-corrected chi connectivity index (χ0v) is 48.1. The molecule has 0 atom stereocenters. The second-order valence-corrected chi connectivity index (χ2v) is 19.7. The highest BCUT2D eigenvalue weighted by Crippen LogP contribution is 2.50. The summed E-state index contributed by atoms with van der Waals surface area (Å²) in [6.45, 7) is 0.642. The fourth-order valence-corrected chi connectivity index (χ4v) is 9.75. The predicted octanol–water partition coefficient (Wildman–Crippen LogP) is 7.94. The van der Waals surface area contributed by atoms with Crippen molar-refractivity contribution in [2.75, 3.05) is 71.6 Å². The molecule has 2 aliphatic heterocycles. The van der Waals surface area contributed by atoms with Crippen LogP contribution in [0.15, 0.2) is 153 Å². The lowest BCUT2D eigenvalue weighted by Gasteiger charge is -2.23. The zero-order valence-electron chi connectivity index (χ0n) is 48.1. The van der Waals surface area contributed by atoms with E-state index in [1.807, 2.05) is 0 Å². The Morgan fingerprint density at radius 3 is 1.31 bits per heavy atom. The molecule has 3 N–H and O–H groups in total. The van der Waals surface area contributed by atoms with Gasteiger partial charge in [0.2, 0.25) is 11.5 Å². The van der Waals surface area contributed by atoms with Crippen molar-refractivity contribution in [1.29, 1.82) is 0 Å². The Kier molecular flexibility index (Phi) is 17.8. The van der Waals surface area contributed by atoms with E-state index in [0.717, 1.165) is 62.5 Å². The minimum Gasteiger partial charge on any atom is -0.493 e. The lowest BCUT2D eigenvalue weighted by atomic mass is 10.1. The van der Waals surface area contributed by atoms with E-state index in [4.69, 9.17) is 42.6 Å². The molecule has 6 aromatic carbocycles. The Morgan fingerprint density at radius 1 is 0.516 bits per heavy atom. The smallest absolute Gasteiger partial charge is 0.335 e. The number of fused-ring (bicyclic) bond motifs is 6. The second kappa shape index (κ2) is 26.4. The lowest BCUT2D eigenvalue weighted by Crippen LogP contribution is -2.42. The number of aromatic nitrogens is 6. The van der Waals surface area contributed by atoms with Gasteiger partial charge < -0.3 is 58.4 Å². The fraction of sp³-hybridized carbons (Fsp3) is 0.175. The van der Waals surface area contributed by atoms with E-state index in [-0.39, 0.29) is 78.7 Å². The van der Waals surface area contributed by atoms with Crippen LogP contribution in [-0.2, 0) is 17.8 Å². The molecule has 91 heavy (non-hydrogen) atoms. The van der Waals surface area contributed by atoms with Crippen LogP contribution in [0.3, 0.4) is 0 Å². The maximum absolute atomic E-state index is 15.4.